The highest BCUT2D eigenvalue weighted by Gasteiger charge is 2.26. The molecule has 0 unspecified atom stereocenters. The van der Waals surface area contributed by atoms with E-state index in [4.69, 9.17) is 10.5 Å². The van der Waals surface area contributed by atoms with E-state index >= 15 is 0 Å². The lowest BCUT2D eigenvalue weighted by molar-refractivity contribution is 0.183. The van der Waals surface area contributed by atoms with Gasteiger partial charge in [-0.1, -0.05) is 5.21 Å². The van der Waals surface area contributed by atoms with Crippen LogP contribution < -0.4 is 5.73 Å². The summed E-state index contributed by atoms with van der Waals surface area (Å²) >= 11 is 0. The minimum absolute atomic E-state index is 0.0525. The van der Waals surface area contributed by atoms with E-state index in [0.29, 0.717) is 13.2 Å². The van der Waals surface area contributed by atoms with E-state index in [9.17, 15) is 0 Å². The molecule has 0 amide bonds. The van der Waals surface area contributed by atoms with E-state index in [1.807, 2.05) is 0 Å². The molecule has 11 heavy (non-hydrogen) atoms. The van der Waals surface area contributed by atoms with Crippen molar-refractivity contribution in [1.82, 2.24) is 15.0 Å². The largest absolute Gasteiger partial charge is 0.377 e. The maximum absolute atomic E-state index is 5.76. The standard InChI is InChI=1S/C6H10N4O/c7-5-3-11-4-6(5)10-2-1-8-9-10/h1-2,5-6H,3-4,7H2/t5-,6+/m1/s1. The van der Waals surface area contributed by atoms with Crippen molar-refractivity contribution in [1.29, 1.82) is 0 Å². The second-order valence-corrected chi connectivity index (χ2v) is 2.65. The predicted octanol–water partition coefficient (Wildman–Crippen LogP) is -0.823. The van der Waals surface area contributed by atoms with Crippen LogP contribution in [0.3, 0.4) is 0 Å². The van der Waals surface area contributed by atoms with Crippen LogP contribution in [0.1, 0.15) is 6.04 Å². The maximum Gasteiger partial charge on any atom is 0.0943 e. The van der Waals surface area contributed by atoms with Gasteiger partial charge in [0.15, 0.2) is 0 Å². The van der Waals surface area contributed by atoms with Crippen molar-refractivity contribution in [3.63, 3.8) is 0 Å². The highest BCUT2D eigenvalue weighted by molar-refractivity contribution is 4.84. The molecule has 0 spiro atoms. The van der Waals surface area contributed by atoms with Gasteiger partial charge in [-0.3, -0.25) is 0 Å². The Morgan fingerprint density at radius 2 is 2.45 bits per heavy atom. The van der Waals surface area contributed by atoms with Crippen molar-refractivity contribution >= 4 is 0 Å². The topological polar surface area (TPSA) is 66.0 Å². The Morgan fingerprint density at radius 3 is 3.00 bits per heavy atom. The summed E-state index contributed by atoms with van der Waals surface area (Å²) in [5, 5.41) is 7.56. The van der Waals surface area contributed by atoms with Gasteiger partial charge in [0.2, 0.25) is 0 Å². The van der Waals surface area contributed by atoms with E-state index in [1.54, 1.807) is 17.1 Å². The zero-order valence-corrected chi connectivity index (χ0v) is 6.05. The molecule has 1 aromatic rings. The number of aromatic nitrogens is 3. The molecule has 1 aliphatic rings. The Hall–Kier alpha value is -0.940. The quantitative estimate of drug-likeness (QED) is 0.573. The number of hydrogen-bond donors (Lipinski definition) is 1. The van der Waals surface area contributed by atoms with Gasteiger partial charge >= 0.3 is 0 Å². The van der Waals surface area contributed by atoms with Crippen LogP contribution in [0.25, 0.3) is 0 Å². The van der Waals surface area contributed by atoms with Gasteiger partial charge in [-0.2, -0.15) is 0 Å². The first-order chi connectivity index (χ1) is 5.38. The van der Waals surface area contributed by atoms with Crippen LogP contribution in [0.5, 0.6) is 0 Å². The summed E-state index contributed by atoms with van der Waals surface area (Å²) < 4.78 is 6.93. The molecule has 0 radical (unpaired) electrons. The van der Waals surface area contributed by atoms with Crippen molar-refractivity contribution in [3.05, 3.63) is 12.4 Å². The Balaban J connectivity index is 2.16. The number of hydrogen-bond acceptors (Lipinski definition) is 4. The summed E-state index contributed by atoms with van der Waals surface area (Å²) in [7, 11) is 0. The fraction of sp³-hybridized carbons (Fsp3) is 0.667. The third kappa shape index (κ3) is 1.12. The normalized spacial score (nSPS) is 31.0. The molecular weight excluding hydrogens is 144 g/mol. The Kier molecular flexibility index (Phi) is 1.59. The van der Waals surface area contributed by atoms with Gasteiger partial charge in [0.25, 0.3) is 0 Å². The first-order valence-electron chi connectivity index (χ1n) is 3.57. The third-order valence-corrected chi connectivity index (χ3v) is 1.87. The van der Waals surface area contributed by atoms with Crippen molar-refractivity contribution in [2.45, 2.75) is 12.1 Å². The van der Waals surface area contributed by atoms with E-state index in [2.05, 4.69) is 10.3 Å². The van der Waals surface area contributed by atoms with Gasteiger partial charge in [-0.25, -0.2) is 4.68 Å². The number of nitrogens with zero attached hydrogens (tertiary/aromatic N) is 3. The molecule has 1 fully saturated rings. The van der Waals surface area contributed by atoms with E-state index in [-0.39, 0.29) is 12.1 Å². The van der Waals surface area contributed by atoms with Crippen molar-refractivity contribution in [3.8, 4) is 0 Å². The SMILES string of the molecule is N[C@@H]1COC[C@@H]1n1ccnn1. The molecule has 2 rings (SSSR count). The molecule has 1 saturated heterocycles. The lowest BCUT2D eigenvalue weighted by atomic mass is 10.2. The van der Waals surface area contributed by atoms with Crippen LogP contribution in [0, 0.1) is 0 Å². The summed E-state index contributed by atoms with van der Waals surface area (Å²) in [6, 6.07) is 0.217. The smallest absolute Gasteiger partial charge is 0.0943 e. The van der Waals surface area contributed by atoms with E-state index in [0.717, 1.165) is 0 Å². The summed E-state index contributed by atoms with van der Waals surface area (Å²) in [5.41, 5.74) is 5.76. The number of rotatable bonds is 1. The lowest BCUT2D eigenvalue weighted by Gasteiger charge is -2.11. The Morgan fingerprint density at radius 1 is 1.55 bits per heavy atom. The van der Waals surface area contributed by atoms with Crippen LogP contribution in [-0.4, -0.2) is 34.2 Å². The zero-order valence-electron chi connectivity index (χ0n) is 6.05. The predicted molar refractivity (Wildman–Crippen MR) is 37.9 cm³/mol. The summed E-state index contributed by atoms with van der Waals surface area (Å²) in [6.07, 6.45) is 3.45. The minimum atomic E-state index is 0.0525. The minimum Gasteiger partial charge on any atom is -0.377 e. The van der Waals surface area contributed by atoms with Crippen LogP contribution in [0.15, 0.2) is 12.4 Å². The molecule has 0 aliphatic carbocycles. The van der Waals surface area contributed by atoms with Crippen LogP contribution in [0.4, 0.5) is 0 Å². The Labute approximate surface area is 64.1 Å². The molecule has 2 N–H and O–H groups in total. The van der Waals surface area contributed by atoms with Crippen molar-refractivity contribution < 1.29 is 4.74 Å². The molecule has 1 aromatic heterocycles. The second-order valence-electron chi connectivity index (χ2n) is 2.65. The zero-order chi connectivity index (χ0) is 7.68. The van der Waals surface area contributed by atoms with Gasteiger partial charge in [-0.15, -0.1) is 5.10 Å². The molecule has 5 heteroatoms. The third-order valence-electron chi connectivity index (χ3n) is 1.87. The van der Waals surface area contributed by atoms with Gasteiger partial charge in [0.05, 0.1) is 31.5 Å². The Bertz CT molecular complexity index is 222. The van der Waals surface area contributed by atoms with E-state index in [1.165, 1.54) is 0 Å². The number of nitrogens with two attached hydrogens (primary N) is 1. The van der Waals surface area contributed by atoms with E-state index < -0.39 is 0 Å². The molecule has 5 nitrogen and oxygen atoms in total. The average molecular weight is 154 g/mol. The molecule has 0 aromatic carbocycles. The molecule has 0 saturated carbocycles. The first-order valence-corrected chi connectivity index (χ1v) is 3.57. The fourth-order valence-corrected chi connectivity index (χ4v) is 1.23. The van der Waals surface area contributed by atoms with Gasteiger partial charge < -0.3 is 10.5 Å². The highest BCUT2D eigenvalue weighted by Crippen LogP contribution is 2.15. The monoisotopic (exact) mass is 154 g/mol. The lowest BCUT2D eigenvalue weighted by Crippen LogP contribution is -2.31. The molecule has 60 valence electrons. The second kappa shape index (κ2) is 2.60. The van der Waals surface area contributed by atoms with Crippen LogP contribution >= 0.6 is 0 Å². The fourth-order valence-electron chi connectivity index (χ4n) is 1.23. The van der Waals surface area contributed by atoms with Gasteiger partial charge in [-0.05, 0) is 0 Å². The number of ether oxygens (including phenoxy) is 1. The summed E-state index contributed by atoms with van der Waals surface area (Å²) in [6.45, 7) is 1.26. The van der Waals surface area contributed by atoms with Crippen molar-refractivity contribution in [2.24, 2.45) is 5.73 Å². The van der Waals surface area contributed by atoms with Gasteiger partial charge in [0, 0.05) is 6.20 Å². The molecule has 0 bridgehead atoms. The molecule has 2 heterocycles. The van der Waals surface area contributed by atoms with Gasteiger partial charge in [0.1, 0.15) is 0 Å². The maximum atomic E-state index is 5.76. The van der Waals surface area contributed by atoms with Crippen LogP contribution in [-0.2, 0) is 4.74 Å². The summed E-state index contributed by atoms with van der Waals surface area (Å²) in [5.74, 6) is 0. The van der Waals surface area contributed by atoms with Crippen molar-refractivity contribution in [2.75, 3.05) is 13.2 Å². The molecule has 2 atom stereocenters. The molecular formula is C6H10N4O. The average Bonchev–Trinajstić information content (AvgIpc) is 2.55. The highest BCUT2D eigenvalue weighted by atomic mass is 16.5. The first kappa shape index (κ1) is 6.75. The molecule has 1 aliphatic heterocycles. The van der Waals surface area contributed by atoms with Crippen LogP contribution in [0.2, 0.25) is 0 Å². The summed E-state index contributed by atoms with van der Waals surface area (Å²) in [4.78, 5) is 0.